The predicted molar refractivity (Wildman–Crippen MR) is 66.6 cm³/mol. The number of hydrogen-bond donors (Lipinski definition) is 3. The second-order valence-electron chi connectivity index (χ2n) is 4.22. The minimum atomic E-state index is -1.07. The summed E-state index contributed by atoms with van der Waals surface area (Å²) in [6.45, 7) is 3.84. The van der Waals surface area contributed by atoms with Gasteiger partial charge in [-0.05, 0) is 17.5 Å². The Labute approximate surface area is 105 Å². The lowest BCUT2D eigenvalue weighted by atomic mass is 9.93. The summed E-state index contributed by atoms with van der Waals surface area (Å²) >= 11 is 5.89. The van der Waals surface area contributed by atoms with Gasteiger partial charge in [-0.2, -0.15) is 0 Å². The molecular weight excluding hydrogens is 242 g/mol. The number of hydrogen-bond acceptors (Lipinski definition) is 3. The number of carboxylic acids is 1. The van der Waals surface area contributed by atoms with Crippen LogP contribution in [0.3, 0.4) is 0 Å². The van der Waals surface area contributed by atoms with Gasteiger partial charge < -0.3 is 15.9 Å². The lowest BCUT2D eigenvalue weighted by molar-refractivity contribution is -0.138. The number of carbonyl (C=O) groups is 1. The highest BCUT2D eigenvalue weighted by Crippen LogP contribution is 2.35. The van der Waals surface area contributed by atoms with Crippen LogP contribution >= 0.6 is 11.6 Å². The van der Waals surface area contributed by atoms with E-state index in [0.29, 0.717) is 0 Å². The molecule has 1 aromatic carbocycles. The lowest BCUT2D eigenvalue weighted by Crippen LogP contribution is -2.21. The quantitative estimate of drug-likeness (QED) is 0.773. The molecule has 0 spiro atoms. The molecule has 0 heterocycles. The molecule has 0 aromatic heterocycles. The number of halogens is 1. The van der Waals surface area contributed by atoms with E-state index < -0.39 is 11.9 Å². The van der Waals surface area contributed by atoms with Crippen LogP contribution in [0, 0.1) is 0 Å². The number of rotatable bonds is 4. The molecule has 1 rings (SSSR count). The van der Waals surface area contributed by atoms with Gasteiger partial charge in [-0.3, -0.25) is 4.79 Å². The Morgan fingerprint density at radius 3 is 2.47 bits per heavy atom. The normalized spacial score (nSPS) is 12.8. The molecule has 0 fully saturated rings. The summed E-state index contributed by atoms with van der Waals surface area (Å²) in [6, 6.07) is 3.29. The summed E-state index contributed by atoms with van der Waals surface area (Å²) in [5, 5.41) is 19.0. The molecule has 0 saturated heterocycles. The summed E-state index contributed by atoms with van der Waals surface area (Å²) in [7, 11) is 0. The van der Waals surface area contributed by atoms with E-state index in [2.05, 4.69) is 0 Å². The van der Waals surface area contributed by atoms with Crippen LogP contribution in [0.25, 0.3) is 0 Å². The number of phenolic OH excluding ortho intramolecular Hbond substituents is 1. The van der Waals surface area contributed by atoms with Gasteiger partial charge in [0.05, 0.1) is 10.9 Å². The fourth-order valence-corrected chi connectivity index (χ4v) is 1.84. The summed E-state index contributed by atoms with van der Waals surface area (Å²) < 4.78 is 0. The number of nitrogens with two attached hydrogens (primary N) is 1. The number of phenols is 1. The van der Waals surface area contributed by atoms with Crippen LogP contribution in [0.2, 0.25) is 5.02 Å². The van der Waals surface area contributed by atoms with E-state index >= 15 is 0 Å². The Kier molecular flexibility index (Phi) is 4.37. The summed E-state index contributed by atoms with van der Waals surface area (Å²) in [5.74, 6) is -2.01. The van der Waals surface area contributed by atoms with Crippen molar-refractivity contribution in [3.63, 3.8) is 0 Å². The smallest absolute Gasteiger partial charge is 0.312 e. The van der Waals surface area contributed by atoms with Crippen molar-refractivity contribution in [1.29, 1.82) is 0 Å². The highest BCUT2D eigenvalue weighted by Gasteiger charge is 2.23. The van der Waals surface area contributed by atoms with E-state index in [4.69, 9.17) is 22.4 Å². The minimum absolute atomic E-state index is 0.0826. The molecule has 4 nitrogen and oxygen atoms in total. The molecule has 94 valence electrons. The molecule has 1 unspecified atom stereocenters. The van der Waals surface area contributed by atoms with Gasteiger partial charge >= 0.3 is 5.97 Å². The van der Waals surface area contributed by atoms with E-state index in [-0.39, 0.29) is 28.8 Å². The third kappa shape index (κ3) is 2.90. The first-order valence-electron chi connectivity index (χ1n) is 5.33. The molecule has 1 atom stereocenters. The Balaban J connectivity index is 3.35. The molecule has 0 saturated carbocycles. The van der Waals surface area contributed by atoms with Crippen LogP contribution in [0.1, 0.15) is 36.8 Å². The van der Waals surface area contributed by atoms with E-state index in [1.165, 1.54) is 0 Å². The maximum atomic E-state index is 11.0. The van der Waals surface area contributed by atoms with Gasteiger partial charge in [-0.15, -0.1) is 0 Å². The maximum absolute atomic E-state index is 11.0. The van der Waals surface area contributed by atoms with Gasteiger partial charge in [0.25, 0.3) is 0 Å². The second kappa shape index (κ2) is 5.38. The fourth-order valence-electron chi connectivity index (χ4n) is 1.60. The van der Waals surface area contributed by atoms with E-state index in [9.17, 15) is 9.90 Å². The molecule has 0 amide bonds. The number of aliphatic carboxylic acids is 1. The number of carboxylic acid groups (broad SMARTS) is 1. The number of aromatic hydroxyl groups is 1. The molecule has 0 aliphatic carbocycles. The van der Waals surface area contributed by atoms with Crippen molar-refractivity contribution >= 4 is 17.6 Å². The van der Waals surface area contributed by atoms with Crippen molar-refractivity contribution in [1.82, 2.24) is 0 Å². The van der Waals surface area contributed by atoms with Gasteiger partial charge in [-0.25, -0.2) is 0 Å². The average Bonchev–Trinajstić information content (AvgIpc) is 2.24. The third-order valence-electron chi connectivity index (χ3n) is 2.69. The van der Waals surface area contributed by atoms with E-state index in [1.54, 1.807) is 12.1 Å². The molecule has 0 radical (unpaired) electrons. The molecule has 4 N–H and O–H groups in total. The van der Waals surface area contributed by atoms with Gasteiger partial charge in [-0.1, -0.05) is 31.5 Å². The largest absolute Gasteiger partial charge is 0.506 e. The number of benzene rings is 1. The fraction of sp³-hybridized carbons (Fsp3) is 0.417. The first kappa shape index (κ1) is 13.8. The van der Waals surface area contributed by atoms with Crippen LogP contribution in [0.4, 0.5) is 0 Å². The molecule has 0 aliphatic heterocycles. The molecule has 5 heteroatoms. The van der Waals surface area contributed by atoms with Gasteiger partial charge in [0, 0.05) is 12.1 Å². The SMILES string of the molecule is CC(C)c1cc(Cl)c(O)c(C(CN)C(=O)O)c1. The maximum Gasteiger partial charge on any atom is 0.312 e. The van der Waals surface area contributed by atoms with Crippen molar-refractivity contribution in [3.05, 3.63) is 28.3 Å². The van der Waals surface area contributed by atoms with Crippen molar-refractivity contribution in [2.24, 2.45) is 5.73 Å². The van der Waals surface area contributed by atoms with Gasteiger partial charge in [0.15, 0.2) is 0 Å². The zero-order valence-corrected chi connectivity index (χ0v) is 10.5. The Morgan fingerprint density at radius 1 is 1.47 bits per heavy atom. The first-order valence-corrected chi connectivity index (χ1v) is 5.71. The Morgan fingerprint density at radius 2 is 2.06 bits per heavy atom. The molecular formula is C12H16ClNO3. The lowest BCUT2D eigenvalue weighted by Gasteiger charge is -2.16. The van der Waals surface area contributed by atoms with Crippen molar-refractivity contribution < 1.29 is 15.0 Å². The van der Waals surface area contributed by atoms with Crippen LogP contribution in [-0.4, -0.2) is 22.7 Å². The van der Waals surface area contributed by atoms with Crippen molar-refractivity contribution in [2.75, 3.05) is 6.54 Å². The monoisotopic (exact) mass is 257 g/mol. The van der Waals surface area contributed by atoms with Crippen molar-refractivity contribution in [3.8, 4) is 5.75 Å². The first-order chi connectivity index (χ1) is 7.88. The Bertz CT molecular complexity index is 432. The summed E-state index contributed by atoms with van der Waals surface area (Å²) in [4.78, 5) is 11.0. The molecule has 1 aromatic rings. The Hall–Kier alpha value is -1.26. The second-order valence-corrected chi connectivity index (χ2v) is 4.63. The molecule has 0 bridgehead atoms. The minimum Gasteiger partial charge on any atom is -0.506 e. The molecule has 0 aliphatic rings. The standard InChI is InChI=1S/C12H16ClNO3/c1-6(2)7-3-8(9(5-14)12(16)17)11(15)10(13)4-7/h3-4,6,9,15H,5,14H2,1-2H3,(H,16,17). The van der Waals surface area contributed by atoms with Crippen LogP contribution < -0.4 is 5.73 Å². The highest BCUT2D eigenvalue weighted by molar-refractivity contribution is 6.32. The predicted octanol–water partition coefficient (Wildman–Crippen LogP) is 2.30. The van der Waals surface area contributed by atoms with Crippen LogP contribution in [0.5, 0.6) is 5.75 Å². The average molecular weight is 258 g/mol. The third-order valence-corrected chi connectivity index (χ3v) is 2.98. The van der Waals surface area contributed by atoms with Crippen LogP contribution in [0.15, 0.2) is 12.1 Å². The van der Waals surface area contributed by atoms with E-state index in [1.807, 2.05) is 13.8 Å². The van der Waals surface area contributed by atoms with Crippen molar-refractivity contribution in [2.45, 2.75) is 25.7 Å². The van der Waals surface area contributed by atoms with E-state index in [0.717, 1.165) is 5.56 Å². The summed E-state index contributed by atoms with van der Waals surface area (Å²) in [5.41, 5.74) is 6.57. The molecule has 17 heavy (non-hydrogen) atoms. The topological polar surface area (TPSA) is 83.5 Å². The van der Waals surface area contributed by atoms with Gasteiger partial charge in [0.2, 0.25) is 0 Å². The summed E-state index contributed by atoms with van der Waals surface area (Å²) in [6.07, 6.45) is 0. The highest BCUT2D eigenvalue weighted by atomic mass is 35.5. The zero-order chi connectivity index (χ0) is 13.2. The zero-order valence-electron chi connectivity index (χ0n) is 9.77. The van der Waals surface area contributed by atoms with Gasteiger partial charge in [0.1, 0.15) is 5.75 Å². The van der Waals surface area contributed by atoms with Crippen LogP contribution in [-0.2, 0) is 4.79 Å².